The number of thioether (sulfide) groups is 1. The van der Waals surface area contributed by atoms with E-state index < -0.39 is 0 Å². The molecule has 4 rings (SSSR count). The molecule has 1 aromatic carbocycles. The van der Waals surface area contributed by atoms with Gasteiger partial charge in [0, 0.05) is 25.1 Å². The molecule has 10 heteroatoms. The minimum Gasteiger partial charge on any atom is -0.451 e. The summed E-state index contributed by atoms with van der Waals surface area (Å²) in [4.78, 5) is 21.6. The quantitative estimate of drug-likeness (QED) is 0.220. The van der Waals surface area contributed by atoms with Crippen LogP contribution >= 0.6 is 11.8 Å². The van der Waals surface area contributed by atoms with Crippen LogP contribution in [-0.4, -0.2) is 58.2 Å². The maximum atomic E-state index is 12.4. The molecule has 0 spiro atoms. The van der Waals surface area contributed by atoms with Crippen molar-refractivity contribution < 1.29 is 13.9 Å². The molecule has 3 heterocycles. The number of carbonyl (C=O) groups excluding carboxylic acids is 1. The van der Waals surface area contributed by atoms with Gasteiger partial charge < -0.3 is 19.8 Å². The number of anilines is 1. The van der Waals surface area contributed by atoms with Gasteiger partial charge in [-0.05, 0) is 25.3 Å². The summed E-state index contributed by atoms with van der Waals surface area (Å²) in [5.74, 6) is 0.760. The first-order chi connectivity index (χ1) is 15.2. The van der Waals surface area contributed by atoms with Crippen molar-refractivity contribution in [1.29, 1.82) is 0 Å². The highest BCUT2D eigenvalue weighted by molar-refractivity contribution is 7.98. The van der Waals surface area contributed by atoms with Gasteiger partial charge in [0.1, 0.15) is 11.4 Å². The number of nitrogens with zero attached hydrogens (tertiary/aromatic N) is 4. The van der Waals surface area contributed by atoms with Gasteiger partial charge in [-0.1, -0.05) is 30.0 Å². The monoisotopic (exact) mass is 440 g/mol. The molecule has 0 aliphatic rings. The number of hydrogen-bond acceptors (Lipinski definition) is 8. The molecule has 2 N–H and O–H groups in total. The summed E-state index contributed by atoms with van der Waals surface area (Å²) < 4.78 is 12.8. The lowest BCUT2D eigenvalue weighted by atomic mass is 10.2. The van der Waals surface area contributed by atoms with Gasteiger partial charge in [0.2, 0.25) is 0 Å². The highest BCUT2D eigenvalue weighted by Gasteiger charge is 2.14. The first kappa shape index (κ1) is 21.1. The van der Waals surface area contributed by atoms with Crippen LogP contribution < -0.4 is 10.6 Å². The van der Waals surface area contributed by atoms with Gasteiger partial charge in [-0.15, -0.1) is 0 Å². The van der Waals surface area contributed by atoms with Gasteiger partial charge >= 0.3 is 0 Å². The second-order valence-electron chi connectivity index (χ2n) is 6.69. The fourth-order valence-electron chi connectivity index (χ4n) is 3.17. The van der Waals surface area contributed by atoms with Gasteiger partial charge in [0.05, 0.1) is 24.7 Å². The first-order valence-corrected chi connectivity index (χ1v) is 11.3. The number of para-hydroxylation sites is 1. The van der Waals surface area contributed by atoms with E-state index in [-0.39, 0.29) is 5.91 Å². The zero-order valence-corrected chi connectivity index (χ0v) is 18.2. The Hall–Kier alpha value is -3.11. The molecule has 1 amide bonds. The van der Waals surface area contributed by atoms with E-state index in [1.807, 2.05) is 37.4 Å². The smallest absolute Gasteiger partial charge is 0.287 e. The maximum Gasteiger partial charge on any atom is 0.287 e. The molecule has 0 atom stereocenters. The third kappa shape index (κ3) is 4.80. The highest BCUT2D eigenvalue weighted by atomic mass is 32.2. The Kier molecular flexibility index (Phi) is 6.68. The van der Waals surface area contributed by atoms with Crippen LogP contribution in [0, 0.1) is 0 Å². The predicted molar refractivity (Wildman–Crippen MR) is 121 cm³/mol. The van der Waals surface area contributed by atoms with Gasteiger partial charge in [0.25, 0.3) is 5.91 Å². The number of amides is 1. The topological polar surface area (TPSA) is 107 Å². The van der Waals surface area contributed by atoms with Crippen molar-refractivity contribution in [2.24, 2.45) is 0 Å². The number of ether oxygens (including phenoxy) is 1. The van der Waals surface area contributed by atoms with Crippen LogP contribution in [0.2, 0.25) is 0 Å². The van der Waals surface area contributed by atoms with Gasteiger partial charge in [-0.25, -0.2) is 14.6 Å². The highest BCUT2D eigenvalue weighted by Crippen LogP contribution is 2.23. The number of furan rings is 1. The summed E-state index contributed by atoms with van der Waals surface area (Å²) >= 11 is 1.46. The van der Waals surface area contributed by atoms with Gasteiger partial charge in [-0.3, -0.25) is 4.79 Å². The second kappa shape index (κ2) is 9.80. The average Bonchev–Trinajstić information content (AvgIpc) is 3.41. The van der Waals surface area contributed by atoms with Crippen LogP contribution in [-0.2, 0) is 11.3 Å². The number of benzene rings is 1. The Bertz CT molecular complexity index is 1160. The van der Waals surface area contributed by atoms with E-state index in [4.69, 9.17) is 9.15 Å². The minimum absolute atomic E-state index is 0.259. The van der Waals surface area contributed by atoms with E-state index in [0.29, 0.717) is 49.3 Å². The lowest BCUT2D eigenvalue weighted by Gasteiger charge is -2.09. The molecule has 0 saturated carbocycles. The van der Waals surface area contributed by atoms with Crippen LogP contribution in [0.25, 0.3) is 22.0 Å². The van der Waals surface area contributed by atoms with E-state index >= 15 is 0 Å². The second-order valence-corrected chi connectivity index (χ2v) is 7.47. The van der Waals surface area contributed by atoms with E-state index in [9.17, 15) is 4.79 Å². The molecule has 0 aliphatic carbocycles. The molecule has 3 aromatic heterocycles. The molecule has 0 unspecified atom stereocenters. The van der Waals surface area contributed by atoms with Crippen molar-refractivity contribution in [3.8, 4) is 0 Å². The fourth-order valence-corrected chi connectivity index (χ4v) is 3.53. The number of rotatable bonds is 10. The van der Waals surface area contributed by atoms with E-state index in [1.165, 1.54) is 11.8 Å². The molecule has 31 heavy (non-hydrogen) atoms. The van der Waals surface area contributed by atoms with Crippen molar-refractivity contribution in [3.05, 3.63) is 42.3 Å². The summed E-state index contributed by atoms with van der Waals surface area (Å²) in [6, 6.07) is 9.28. The van der Waals surface area contributed by atoms with Gasteiger partial charge in [-0.2, -0.15) is 5.10 Å². The Morgan fingerprint density at radius 3 is 2.94 bits per heavy atom. The number of fused-ring (bicyclic) bond motifs is 2. The normalized spacial score (nSPS) is 11.3. The molecule has 9 nitrogen and oxygen atoms in total. The Morgan fingerprint density at radius 2 is 2.13 bits per heavy atom. The van der Waals surface area contributed by atoms with Crippen LogP contribution in [0.5, 0.6) is 0 Å². The van der Waals surface area contributed by atoms with Crippen LogP contribution in [0.1, 0.15) is 17.5 Å². The summed E-state index contributed by atoms with van der Waals surface area (Å²) in [5, 5.41) is 13.0. The standard InChI is InChI=1S/C21H24N6O3S/c1-3-29-11-9-22-18-15-13-24-27(19(15)26-21(25-18)31-2)10-8-23-20(28)17-12-14-6-4-5-7-16(14)30-17/h4-7,12-13H,3,8-11H2,1-2H3,(H,23,28)(H,22,25,26). The largest absolute Gasteiger partial charge is 0.451 e. The minimum atomic E-state index is -0.259. The Labute approximate surface area is 183 Å². The molecule has 0 bridgehead atoms. The summed E-state index contributed by atoms with van der Waals surface area (Å²) in [6.07, 6.45) is 3.67. The molecule has 4 aromatic rings. The summed E-state index contributed by atoms with van der Waals surface area (Å²) in [6.45, 7) is 4.74. The third-order valence-corrected chi connectivity index (χ3v) is 5.21. The van der Waals surface area contributed by atoms with Crippen molar-refractivity contribution >= 4 is 45.5 Å². The van der Waals surface area contributed by atoms with Crippen molar-refractivity contribution in [1.82, 2.24) is 25.1 Å². The molecule has 0 radical (unpaired) electrons. The molecule has 162 valence electrons. The van der Waals surface area contributed by atoms with Gasteiger partial charge in [0.15, 0.2) is 16.6 Å². The van der Waals surface area contributed by atoms with E-state index in [1.54, 1.807) is 16.9 Å². The molecule has 0 saturated heterocycles. The van der Waals surface area contributed by atoms with E-state index in [2.05, 4.69) is 25.7 Å². The lowest BCUT2D eigenvalue weighted by Crippen LogP contribution is -2.27. The fraction of sp³-hybridized carbons (Fsp3) is 0.333. The molecule has 0 aliphatic heterocycles. The number of hydrogen-bond donors (Lipinski definition) is 2. The van der Waals surface area contributed by atoms with E-state index in [0.717, 1.165) is 22.2 Å². The predicted octanol–water partition coefficient (Wildman–Crippen LogP) is 3.17. The maximum absolute atomic E-state index is 12.4. The van der Waals surface area contributed by atoms with Crippen molar-refractivity contribution in [2.75, 3.05) is 37.9 Å². The van der Waals surface area contributed by atoms with Crippen LogP contribution in [0.3, 0.4) is 0 Å². The van der Waals surface area contributed by atoms with Crippen molar-refractivity contribution in [3.63, 3.8) is 0 Å². The molecular formula is C21H24N6O3S. The van der Waals surface area contributed by atoms with Crippen LogP contribution in [0.15, 0.2) is 46.1 Å². The first-order valence-electron chi connectivity index (χ1n) is 10.1. The number of nitrogens with one attached hydrogen (secondary N) is 2. The number of aromatic nitrogens is 4. The number of carbonyl (C=O) groups is 1. The summed E-state index contributed by atoms with van der Waals surface area (Å²) in [5.41, 5.74) is 1.41. The molecule has 0 fully saturated rings. The molecular weight excluding hydrogens is 416 g/mol. The van der Waals surface area contributed by atoms with Crippen molar-refractivity contribution in [2.45, 2.75) is 18.6 Å². The van der Waals surface area contributed by atoms with Crippen LogP contribution in [0.4, 0.5) is 5.82 Å². The third-order valence-electron chi connectivity index (χ3n) is 4.66. The Morgan fingerprint density at radius 1 is 1.26 bits per heavy atom. The lowest BCUT2D eigenvalue weighted by molar-refractivity contribution is 0.0926. The Balaban J connectivity index is 1.43. The SMILES string of the molecule is CCOCCNc1nc(SC)nc2c1cnn2CCNC(=O)c1cc2ccccc2o1. The zero-order chi connectivity index (χ0) is 21.6. The summed E-state index contributed by atoms with van der Waals surface area (Å²) in [7, 11) is 0. The average molecular weight is 441 g/mol. The zero-order valence-electron chi connectivity index (χ0n) is 17.4.